The molecular weight excluding hydrogens is 480 g/mol. The second-order valence-electron chi connectivity index (χ2n) is 7.68. The van der Waals surface area contributed by atoms with Gasteiger partial charge in [-0.1, -0.05) is 27.5 Å². The number of carbonyl (C=O) groups excluding carboxylic acids is 2. The zero-order valence-electron chi connectivity index (χ0n) is 16.2. The van der Waals surface area contributed by atoms with Crippen molar-refractivity contribution < 1.29 is 9.59 Å². The molecule has 0 fully saturated rings. The Balaban J connectivity index is 1.88. The lowest BCUT2D eigenvalue weighted by Crippen LogP contribution is -2.50. The molecule has 0 aromatic heterocycles. The minimum absolute atomic E-state index is 0.0470. The molecular formula is C23H16BrClN4O2. The fraction of sp³-hybridized carbons (Fsp3) is 0.174. The summed E-state index contributed by atoms with van der Waals surface area (Å²) >= 11 is 9.51. The number of ketones is 1. The number of anilines is 2. The number of benzene rings is 2. The zero-order valence-corrected chi connectivity index (χ0v) is 18.5. The van der Waals surface area contributed by atoms with E-state index in [2.05, 4.69) is 27.3 Å². The first kappa shape index (κ1) is 19.9. The van der Waals surface area contributed by atoms with Crippen molar-refractivity contribution in [3.63, 3.8) is 0 Å². The lowest BCUT2D eigenvalue weighted by molar-refractivity contribution is -0.122. The van der Waals surface area contributed by atoms with Crippen LogP contribution in [0.15, 0.2) is 69.6 Å². The van der Waals surface area contributed by atoms with E-state index < -0.39 is 11.3 Å². The van der Waals surface area contributed by atoms with Crippen LogP contribution in [0.1, 0.15) is 24.8 Å². The Hall–Kier alpha value is -3.08. The summed E-state index contributed by atoms with van der Waals surface area (Å²) < 4.78 is 0.739. The summed E-state index contributed by atoms with van der Waals surface area (Å²) in [5.41, 5.74) is 7.85. The molecule has 154 valence electrons. The van der Waals surface area contributed by atoms with E-state index >= 15 is 0 Å². The quantitative estimate of drug-likeness (QED) is 0.606. The summed E-state index contributed by atoms with van der Waals surface area (Å²) in [6.07, 6.45) is 1.51. The first-order valence-electron chi connectivity index (χ1n) is 9.74. The van der Waals surface area contributed by atoms with Gasteiger partial charge in [0.25, 0.3) is 0 Å². The molecule has 1 spiro atoms. The van der Waals surface area contributed by atoms with Gasteiger partial charge >= 0.3 is 0 Å². The second-order valence-corrected chi connectivity index (χ2v) is 9.03. The van der Waals surface area contributed by atoms with Gasteiger partial charge < -0.3 is 11.1 Å². The van der Waals surface area contributed by atoms with Crippen molar-refractivity contribution in [3.05, 3.63) is 80.2 Å². The number of halogens is 2. The van der Waals surface area contributed by atoms with Crippen molar-refractivity contribution in [3.8, 4) is 6.07 Å². The largest absolute Gasteiger partial charge is 0.384 e. The van der Waals surface area contributed by atoms with Crippen LogP contribution in [0.5, 0.6) is 0 Å². The molecule has 1 aliphatic carbocycles. The number of carbonyl (C=O) groups is 2. The Morgan fingerprint density at radius 1 is 1.16 bits per heavy atom. The number of nitriles is 1. The van der Waals surface area contributed by atoms with Crippen LogP contribution < -0.4 is 16.0 Å². The van der Waals surface area contributed by atoms with Crippen LogP contribution in [0.25, 0.3) is 0 Å². The Labute approximate surface area is 192 Å². The first-order valence-corrected chi connectivity index (χ1v) is 10.9. The van der Waals surface area contributed by atoms with E-state index in [1.807, 2.05) is 0 Å². The fourth-order valence-corrected chi connectivity index (χ4v) is 5.33. The zero-order chi connectivity index (χ0) is 21.9. The number of nitrogens with one attached hydrogen (secondary N) is 1. The van der Waals surface area contributed by atoms with Crippen molar-refractivity contribution in [2.75, 3.05) is 10.2 Å². The minimum atomic E-state index is -1.56. The molecule has 6 nitrogen and oxygen atoms in total. The molecule has 1 unspecified atom stereocenters. The highest BCUT2D eigenvalue weighted by molar-refractivity contribution is 9.10. The molecule has 0 saturated carbocycles. The smallest absolute Gasteiger partial charge is 0.245 e. The second kappa shape index (κ2) is 6.98. The number of rotatable bonds is 1. The summed E-state index contributed by atoms with van der Waals surface area (Å²) in [5.74, 6) is -0.441. The maximum Gasteiger partial charge on any atom is 0.245 e. The highest BCUT2D eigenvalue weighted by Gasteiger charge is 2.60. The number of Topliss-reactive ketones (excluding diaryl/α,β-unsaturated/α-hetero) is 1. The lowest BCUT2D eigenvalue weighted by atomic mass is 9.64. The van der Waals surface area contributed by atoms with Crippen LogP contribution in [0.4, 0.5) is 11.4 Å². The van der Waals surface area contributed by atoms with E-state index in [1.165, 1.54) is 0 Å². The van der Waals surface area contributed by atoms with Crippen LogP contribution in [0.2, 0.25) is 5.02 Å². The average molecular weight is 496 g/mol. The molecule has 5 rings (SSSR count). The van der Waals surface area contributed by atoms with Crippen molar-refractivity contribution in [1.29, 1.82) is 5.26 Å². The third kappa shape index (κ3) is 2.62. The number of allylic oxidation sites excluding steroid dienone is 1. The van der Waals surface area contributed by atoms with Gasteiger partial charge in [-0.25, -0.2) is 0 Å². The third-order valence-corrected chi connectivity index (χ3v) is 6.82. The highest BCUT2D eigenvalue weighted by atomic mass is 79.9. The van der Waals surface area contributed by atoms with Gasteiger partial charge in [-0.3, -0.25) is 14.5 Å². The molecule has 3 aliphatic rings. The summed E-state index contributed by atoms with van der Waals surface area (Å²) in [6, 6.07) is 14.5. The molecule has 2 aromatic rings. The monoisotopic (exact) mass is 494 g/mol. The Morgan fingerprint density at radius 2 is 1.90 bits per heavy atom. The predicted molar refractivity (Wildman–Crippen MR) is 121 cm³/mol. The number of nitrogens with zero attached hydrogens (tertiary/aromatic N) is 2. The maximum atomic E-state index is 13.5. The molecule has 0 radical (unpaired) electrons. The van der Waals surface area contributed by atoms with Gasteiger partial charge in [0.1, 0.15) is 17.3 Å². The van der Waals surface area contributed by atoms with Crippen molar-refractivity contribution in [2.45, 2.75) is 24.7 Å². The maximum absolute atomic E-state index is 13.5. The number of hydrogen-bond donors (Lipinski definition) is 2. The molecule has 31 heavy (non-hydrogen) atoms. The molecule has 0 saturated heterocycles. The van der Waals surface area contributed by atoms with E-state index in [9.17, 15) is 14.9 Å². The topological polar surface area (TPSA) is 99.2 Å². The van der Waals surface area contributed by atoms with Crippen LogP contribution in [-0.2, 0) is 15.0 Å². The van der Waals surface area contributed by atoms with E-state index in [1.54, 1.807) is 47.4 Å². The van der Waals surface area contributed by atoms with Crippen LogP contribution in [-0.4, -0.2) is 11.7 Å². The van der Waals surface area contributed by atoms with E-state index in [4.69, 9.17) is 17.3 Å². The number of amides is 1. The molecule has 2 aromatic carbocycles. The average Bonchev–Trinajstić information content (AvgIpc) is 3.02. The summed E-state index contributed by atoms with van der Waals surface area (Å²) in [5, 5.41) is 13.6. The number of nitrogens with two attached hydrogens (primary N) is 1. The first-order chi connectivity index (χ1) is 14.9. The van der Waals surface area contributed by atoms with Gasteiger partial charge in [0.05, 0.1) is 5.57 Å². The molecule has 1 atom stereocenters. The van der Waals surface area contributed by atoms with Crippen molar-refractivity contribution >= 4 is 50.6 Å². The van der Waals surface area contributed by atoms with E-state index in [0.717, 1.165) is 4.47 Å². The summed E-state index contributed by atoms with van der Waals surface area (Å²) in [4.78, 5) is 28.6. The molecule has 1 amide bonds. The normalized spacial score (nSPS) is 22.4. The van der Waals surface area contributed by atoms with Crippen molar-refractivity contribution in [2.24, 2.45) is 5.73 Å². The minimum Gasteiger partial charge on any atom is -0.384 e. The highest BCUT2D eigenvalue weighted by Crippen LogP contribution is 2.55. The van der Waals surface area contributed by atoms with Gasteiger partial charge in [0, 0.05) is 44.1 Å². The number of fused-ring (bicyclic) bond motifs is 3. The van der Waals surface area contributed by atoms with Gasteiger partial charge in [0.15, 0.2) is 5.78 Å². The summed E-state index contributed by atoms with van der Waals surface area (Å²) in [6.45, 7) is 0. The lowest BCUT2D eigenvalue weighted by Gasteiger charge is -2.43. The van der Waals surface area contributed by atoms with E-state index in [0.29, 0.717) is 52.5 Å². The van der Waals surface area contributed by atoms with E-state index in [-0.39, 0.29) is 17.2 Å². The standard InChI is InChI=1S/C23H16BrClN4O2/c24-12-4-9-17-15(10-12)23(22(31)28-17)16(11-26)21(27)29(14-7-5-13(25)6-8-14)18-2-1-3-19(30)20(18)23/h4-10H,1-3,27H2,(H,28,31). The van der Waals surface area contributed by atoms with Gasteiger partial charge in [-0.15, -0.1) is 0 Å². The van der Waals surface area contributed by atoms with Crippen molar-refractivity contribution in [1.82, 2.24) is 0 Å². The summed E-state index contributed by atoms with van der Waals surface area (Å²) in [7, 11) is 0. The Bertz CT molecular complexity index is 1280. The molecule has 2 aliphatic heterocycles. The predicted octanol–water partition coefficient (Wildman–Crippen LogP) is 4.51. The van der Waals surface area contributed by atoms with Gasteiger partial charge in [0.2, 0.25) is 5.91 Å². The molecule has 8 heteroatoms. The fourth-order valence-electron chi connectivity index (χ4n) is 4.85. The Kier molecular flexibility index (Phi) is 4.47. The molecule has 2 heterocycles. The third-order valence-electron chi connectivity index (χ3n) is 6.07. The van der Waals surface area contributed by atoms with Gasteiger partial charge in [-0.2, -0.15) is 5.26 Å². The Morgan fingerprint density at radius 3 is 2.61 bits per heavy atom. The van der Waals surface area contributed by atoms with Gasteiger partial charge in [-0.05, 0) is 55.3 Å². The molecule has 0 bridgehead atoms. The van der Waals surface area contributed by atoms with Crippen LogP contribution in [0, 0.1) is 11.3 Å². The number of hydrogen-bond acceptors (Lipinski definition) is 5. The van der Waals surface area contributed by atoms with Crippen LogP contribution >= 0.6 is 27.5 Å². The molecule has 3 N–H and O–H groups in total. The SMILES string of the molecule is N#CC1=C(N)N(c2ccc(Cl)cc2)C2=C(C(=O)CCC2)C12C(=O)Nc1ccc(Br)cc12. The van der Waals surface area contributed by atoms with Crippen LogP contribution in [0.3, 0.4) is 0 Å².